The quantitative estimate of drug-likeness (QED) is 0.400. The van der Waals surface area contributed by atoms with E-state index in [0.717, 1.165) is 12.0 Å². The fourth-order valence-electron chi connectivity index (χ4n) is 0.523. The molecule has 0 aromatic carbocycles. The van der Waals surface area contributed by atoms with Crippen molar-refractivity contribution < 1.29 is 21.9 Å². The number of hydrogen-bond acceptors (Lipinski definition) is 1. The van der Waals surface area contributed by atoms with Gasteiger partial charge < -0.3 is 4.79 Å². The van der Waals surface area contributed by atoms with Gasteiger partial charge in [0.1, 0.15) is 0 Å². The van der Waals surface area contributed by atoms with Gasteiger partial charge in [0, 0.05) is 17.1 Å². The monoisotopic (exact) mass is 148 g/mol. The molecule has 0 unspecified atom stereocenters. The summed E-state index contributed by atoms with van der Waals surface area (Å²) in [5.74, 6) is 0. The smallest absolute Gasteiger partial charge is 0 e. The van der Waals surface area contributed by atoms with E-state index in [9.17, 15) is 4.79 Å². The molecule has 0 saturated carbocycles. The zero-order valence-corrected chi connectivity index (χ0v) is 5.41. The maximum atomic E-state index is 9.77. The summed E-state index contributed by atoms with van der Waals surface area (Å²) in [6.45, 7) is 0. The summed E-state index contributed by atoms with van der Waals surface area (Å²) in [4.78, 5) is 9.77. The molecule has 1 aliphatic rings. The second kappa shape index (κ2) is 3.64. The van der Waals surface area contributed by atoms with E-state index < -0.39 is 0 Å². The average Bonchev–Trinajstić information content (AvgIpc) is 2.14. The van der Waals surface area contributed by atoms with E-state index in [1.165, 1.54) is 0 Å². The Bertz CT molecular complexity index is 135. The molecular formula is C6H5MnO-. The first kappa shape index (κ1) is 7.67. The van der Waals surface area contributed by atoms with Crippen molar-refractivity contribution in [1.82, 2.24) is 0 Å². The molecule has 0 bridgehead atoms. The van der Waals surface area contributed by atoms with E-state index in [0.29, 0.717) is 0 Å². The van der Waals surface area contributed by atoms with Crippen LogP contribution >= 0.6 is 0 Å². The van der Waals surface area contributed by atoms with Gasteiger partial charge >= 0.3 is 0 Å². The third-order valence-corrected chi connectivity index (χ3v) is 0.902. The van der Waals surface area contributed by atoms with Gasteiger partial charge in [0.15, 0.2) is 0 Å². The summed E-state index contributed by atoms with van der Waals surface area (Å²) in [5, 5.41) is 0. The van der Waals surface area contributed by atoms with Crippen LogP contribution in [0.5, 0.6) is 0 Å². The molecule has 0 aliphatic heterocycles. The van der Waals surface area contributed by atoms with Crippen molar-refractivity contribution in [3.8, 4) is 0 Å². The maximum absolute atomic E-state index is 9.77. The van der Waals surface area contributed by atoms with Gasteiger partial charge in [-0.3, -0.25) is 0 Å². The van der Waals surface area contributed by atoms with Crippen LogP contribution in [-0.2, 0) is 21.9 Å². The van der Waals surface area contributed by atoms with Crippen molar-refractivity contribution >= 4 is 6.29 Å². The van der Waals surface area contributed by atoms with Crippen LogP contribution in [0.1, 0.15) is 6.42 Å². The van der Waals surface area contributed by atoms with Crippen LogP contribution in [0.2, 0.25) is 0 Å². The Balaban J connectivity index is 0.000000490. The van der Waals surface area contributed by atoms with Gasteiger partial charge in [-0.05, 0) is 12.7 Å². The Morgan fingerprint density at radius 2 is 2.38 bits per heavy atom. The van der Waals surface area contributed by atoms with E-state index in [2.05, 4.69) is 0 Å². The Labute approximate surface area is 58.9 Å². The summed E-state index contributed by atoms with van der Waals surface area (Å²) in [6, 6.07) is 0. The minimum absolute atomic E-state index is 0. The first-order valence-corrected chi connectivity index (χ1v) is 2.17. The van der Waals surface area contributed by atoms with Gasteiger partial charge in [0.05, 0.1) is 0 Å². The predicted molar refractivity (Wildman–Crippen MR) is 27.5 cm³/mol. The molecule has 0 heterocycles. The van der Waals surface area contributed by atoms with Crippen molar-refractivity contribution in [1.29, 1.82) is 0 Å². The van der Waals surface area contributed by atoms with Crippen molar-refractivity contribution in [3.63, 3.8) is 0 Å². The Kier molecular flexibility index (Phi) is 3.49. The van der Waals surface area contributed by atoms with E-state index >= 15 is 0 Å². The van der Waals surface area contributed by atoms with Crippen LogP contribution in [-0.4, -0.2) is 6.29 Å². The molecule has 0 aromatic rings. The molecule has 0 aromatic heterocycles. The molecule has 0 fully saturated rings. The van der Waals surface area contributed by atoms with Crippen molar-refractivity contribution in [2.24, 2.45) is 0 Å². The second-order valence-electron chi connectivity index (χ2n) is 1.43. The molecule has 0 saturated heterocycles. The molecule has 8 heavy (non-hydrogen) atoms. The van der Waals surface area contributed by atoms with Crippen LogP contribution in [0.4, 0.5) is 0 Å². The molecule has 0 spiro atoms. The van der Waals surface area contributed by atoms with Crippen LogP contribution in [0.15, 0.2) is 23.8 Å². The molecule has 1 nitrogen and oxygen atoms in total. The summed E-state index contributed by atoms with van der Waals surface area (Å²) in [6.07, 6.45) is 8.14. The SMILES string of the molecule is O=[C-]C1=CC=CC1.[Mn]. The van der Waals surface area contributed by atoms with Gasteiger partial charge in [0.2, 0.25) is 0 Å². The molecule has 0 N–H and O–H groups in total. The fourth-order valence-corrected chi connectivity index (χ4v) is 0.523. The Morgan fingerprint density at radius 3 is 2.62 bits per heavy atom. The summed E-state index contributed by atoms with van der Waals surface area (Å²) < 4.78 is 0. The molecule has 1 aliphatic carbocycles. The number of carbonyl (C=O) groups excluding carboxylic acids is 1. The molecule has 1 radical (unpaired) electrons. The van der Waals surface area contributed by atoms with E-state index in [1.807, 2.05) is 18.4 Å². The van der Waals surface area contributed by atoms with Gasteiger partial charge in [-0.25, -0.2) is 6.08 Å². The molecular weight excluding hydrogens is 143 g/mol. The second-order valence-corrected chi connectivity index (χ2v) is 1.43. The van der Waals surface area contributed by atoms with Crippen LogP contribution < -0.4 is 0 Å². The molecule has 43 valence electrons. The summed E-state index contributed by atoms with van der Waals surface area (Å²) in [5.41, 5.74) is 0.750. The standard InChI is InChI=1S/C6H5O.Mn/c7-5-6-3-1-2-4-6;/h1-3H,4H2;/q-1;. The van der Waals surface area contributed by atoms with E-state index in [-0.39, 0.29) is 17.1 Å². The van der Waals surface area contributed by atoms with Crippen molar-refractivity contribution in [2.75, 3.05) is 0 Å². The predicted octanol–water partition coefficient (Wildman–Crippen LogP) is 0.980. The largest absolute Gasteiger partial charge is 0.419 e. The fraction of sp³-hybridized carbons (Fsp3) is 0.167. The summed E-state index contributed by atoms with van der Waals surface area (Å²) in [7, 11) is 0. The molecule has 2 heteroatoms. The number of hydrogen-bond donors (Lipinski definition) is 0. The third-order valence-electron chi connectivity index (χ3n) is 0.902. The number of allylic oxidation sites excluding steroid dienone is 4. The first-order chi connectivity index (χ1) is 3.43. The first-order valence-electron chi connectivity index (χ1n) is 2.17. The maximum Gasteiger partial charge on any atom is 0 e. The third kappa shape index (κ3) is 1.64. The van der Waals surface area contributed by atoms with Gasteiger partial charge in [0.25, 0.3) is 0 Å². The van der Waals surface area contributed by atoms with Crippen LogP contribution in [0.25, 0.3) is 0 Å². The van der Waals surface area contributed by atoms with Crippen molar-refractivity contribution in [3.05, 3.63) is 23.8 Å². The average molecular weight is 148 g/mol. The zero-order chi connectivity index (χ0) is 5.11. The zero-order valence-electron chi connectivity index (χ0n) is 4.23. The molecule has 0 amide bonds. The van der Waals surface area contributed by atoms with Crippen LogP contribution in [0.3, 0.4) is 0 Å². The normalized spacial score (nSPS) is 14.8. The number of rotatable bonds is 1. The molecule has 0 atom stereocenters. The van der Waals surface area contributed by atoms with Gasteiger partial charge in [-0.2, -0.15) is 5.57 Å². The minimum Gasteiger partial charge on any atom is -0.419 e. The molecule has 1 rings (SSSR count). The van der Waals surface area contributed by atoms with E-state index in [1.54, 1.807) is 6.08 Å². The Hall–Kier alpha value is -0.331. The van der Waals surface area contributed by atoms with Crippen LogP contribution in [0, 0.1) is 0 Å². The summed E-state index contributed by atoms with van der Waals surface area (Å²) >= 11 is 0. The minimum atomic E-state index is 0. The topological polar surface area (TPSA) is 17.1 Å². The Morgan fingerprint density at radius 1 is 1.62 bits per heavy atom. The van der Waals surface area contributed by atoms with Gasteiger partial charge in [-0.15, -0.1) is 12.2 Å². The van der Waals surface area contributed by atoms with Gasteiger partial charge in [-0.1, -0.05) is 0 Å². The van der Waals surface area contributed by atoms with E-state index in [4.69, 9.17) is 0 Å². The van der Waals surface area contributed by atoms with Crippen molar-refractivity contribution in [2.45, 2.75) is 6.42 Å².